The molecule has 1 aromatic rings. The number of rotatable bonds is 21. The third-order valence-electron chi connectivity index (χ3n) is 11.1. The molecule has 1 N–H and O–H groups in total. The standard InChI is InChI=1S/C41H72O4SSi2/c1-13-14-21-32(2)30-35(44-47(9,10)40(3,4)5)27-28-36-37(45-48(11,12)41(6,7)8)31-34(26-25-33-22-17-15-18-23-33)39(36)46-29-20-16-19-24-38(42)43/h15,17-18,22-23,27-28,32,35-37H,13-14,16,19-21,24-26,29-31H2,1-12H3,(H,42,43)/t32-,35-,36+,37-/m1/s1. The van der Waals surface area contributed by atoms with Crippen LogP contribution in [0.3, 0.4) is 0 Å². The topological polar surface area (TPSA) is 55.8 Å². The van der Waals surface area contributed by atoms with Gasteiger partial charge in [0.05, 0.1) is 12.2 Å². The fraction of sp³-hybridized carbons (Fsp3) is 0.732. The molecule has 0 saturated heterocycles. The largest absolute Gasteiger partial charge is 0.481 e. The Hall–Kier alpha value is -1.13. The molecule has 0 amide bonds. The van der Waals surface area contributed by atoms with E-state index in [0.29, 0.717) is 5.92 Å². The van der Waals surface area contributed by atoms with E-state index in [1.165, 1.54) is 29.7 Å². The molecule has 1 aromatic carbocycles. The predicted octanol–water partition coefficient (Wildman–Crippen LogP) is 12.8. The van der Waals surface area contributed by atoms with Crippen molar-refractivity contribution in [3.63, 3.8) is 0 Å². The highest BCUT2D eigenvalue weighted by Gasteiger charge is 2.44. The average Bonchev–Trinajstić information content (AvgIpc) is 3.29. The summed E-state index contributed by atoms with van der Waals surface area (Å²) in [5.74, 6) is 1.15. The summed E-state index contributed by atoms with van der Waals surface area (Å²) in [7, 11) is -4.01. The zero-order valence-corrected chi connectivity index (χ0v) is 35.7. The zero-order chi connectivity index (χ0) is 36.2. The second-order valence-corrected chi connectivity index (χ2v) is 28.1. The molecule has 2 rings (SSSR count). The Morgan fingerprint density at radius 1 is 0.958 bits per heavy atom. The lowest BCUT2D eigenvalue weighted by Gasteiger charge is -2.40. The quantitative estimate of drug-likeness (QED) is 0.0780. The highest BCUT2D eigenvalue weighted by molar-refractivity contribution is 8.03. The summed E-state index contributed by atoms with van der Waals surface area (Å²) < 4.78 is 14.5. The third kappa shape index (κ3) is 14.2. The number of hydrogen-bond acceptors (Lipinski definition) is 4. The fourth-order valence-corrected chi connectivity index (χ4v) is 9.90. The molecule has 274 valence electrons. The summed E-state index contributed by atoms with van der Waals surface area (Å²) >= 11 is 2.01. The van der Waals surface area contributed by atoms with Crippen LogP contribution in [0.5, 0.6) is 0 Å². The molecule has 7 heteroatoms. The van der Waals surface area contributed by atoms with Gasteiger partial charge in [-0.2, -0.15) is 0 Å². The highest BCUT2D eigenvalue weighted by Crippen LogP contribution is 2.48. The molecule has 0 unspecified atom stereocenters. The number of carboxylic acid groups (broad SMARTS) is 1. The second kappa shape index (κ2) is 19.5. The number of carbonyl (C=O) groups is 1. The number of aliphatic carboxylic acids is 1. The van der Waals surface area contributed by atoms with Crippen molar-refractivity contribution in [3.8, 4) is 0 Å². The average molecular weight is 717 g/mol. The minimum atomic E-state index is -2.03. The van der Waals surface area contributed by atoms with Gasteiger partial charge in [-0.05, 0) is 96.9 Å². The van der Waals surface area contributed by atoms with Crippen LogP contribution in [-0.4, -0.2) is 45.7 Å². The first-order chi connectivity index (χ1) is 22.3. The number of aryl methyl sites for hydroxylation is 1. The number of thioether (sulfide) groups is 1. The molecule has 48 heavy (non-hydrogen) atoms. The maximum Gasteiger partial charge on any atom is 0.303 e. The number of unbranched alkanes of at least 4 members (excludes halogenated alkanes) is 3. The van der Waals surface area contributed by atoms with Gasteiger partial charge in [-0.15, -0.1) is 11.8 Å². The Kier molecular flexibility index (Phi) is 17.5. The summed E-state index contributed by atoms with van der Waals surface area (Å²) in [6.45, 7) is 28.3. The maximum absolute atomic E-state index is 11.1. The van der Waals surface area contributed by atoms with E-state index < -0.39 is 22.6 Å². The van der Waals surface area contributed by atoms with E-state index in [1.54, 1.807) is 5.57 Å². The Morgan fingerprint density at radius 2 is 1.60 bits per heavy atom. The maximum atomic E-state index is 11.1. The van der Waals surface area contributed by atoms with Crippen molar-refractivity contribution in [3.05, 3.63) is 58.5 Å². The Morgan fingerprint density at radius 3 is 2.19 bits per heavy atom. The first-order valence-corrected chi connectivity index (χ1v) is 25.7. The van der Waals surface area contributed by atoms with E-state index in [1.807, 2.05) is 11.8 Å². The van der Waals surface area contributed by atoms with Crippen molar-refractivity contribution in [1.82, 2.24) is 0 Å². The summed E-state index contributed by atoms with van der Waals surface area (Å²) in [6.07, 6.45) is 16.0. The molecular weight excluding hydrogens is 645 g/mol. The van der Waals surface area contributed by atoms with Crippen molar-refractivity contribution < 1.29 is 18.8 Å². The number of benzene rings is 1. The smallest absolute Gasteiger partial charge is 0.303 e. The fourth-order valence-electron chi connectivity index (χ4n) is 5.89. The molecule has 0 heterocycles. The normalized spacial score (nSPS) is 19.3. The summed E-state index contributed by atoms with van der Waals surface area (Å²) in [6, 6.07) is 10.9. The van der Waals surface area contributed by atoms with Crippen LogP contribution in [0.4, 0.5) is 0 Å². The van der Waals surface area contributed by atoms with Crippen LogP contribution in [0, 0.1) is 11.8 Å². The van der Waals surface area contributed by atoms with Crippen molar-refractivity contribution in [1.29, 1.82) is 0 Å². The predicted molar refractivity (Wildman–Crippen MR) is 215 cm³/mol. The van der Waals surface area contributed by atoms with E-state index in [9.17, 15) is 4.79 Å². The van der Waals surface area contributed by atoms with Crippen LogP contribution in [0.15, 0.2) is 53.0 Å². The molecule has 1 aliphatic carbocycles. The summed E-state index contributed by atoms with van der Waals surface area (Å²) in [5, 5.41) is 9.41. The summed E-state index contributed by atoms with van der Waals surface area (Å²) in [5.41, 5.74) is 2.93. The highest BCUT2D eigenvalue weighted by atomic mass is 32.2. The van der Waals surface area contributed by atoms with E-state index >= 15 is 0 Å². The minimum Gasteiger partial charge on any atom is -0.481 e. The lowest BCUT2D eigenvalue weighted by molar-refractivity contribution is -0.137. The van der Waals surface area contributed by atoms with E-state index in [0.717, 1.165) is 50.7 Å². The Balaban J connectivity index is 2.50. The molecule has 0 radical (unpaired) electrons. The second-order valence-electron chi connectivity index (χ2n) is 17.4. The first kappa shape index (κ1) is 43.0. The number of hydrogen-bond donors (Lipinski definition) is 1. The van der Waals surface area contributed by atoms with Gasteiger partial charge in [0, 0.05) is 12.3 Å². The first-order valence-electron chi connectivity index (χ1n) is 18.9. The third-order valence-corrected chi connectivity index (χ3v) is 21.4. The van der Waals surface area contributed by atoms with Gasteiger partial charge in [0.15, 0.2) is 16.6 Å². The van der Waals surface area contributed by atoms with Crippen LogP contribution in [0.1, 0.15) is 125 Å². The van der Waals surface area contributed by atoms with Gasteiger partial charge >= 0.3 is 5.97 Å². The lowest BCUT2D eigenvalue weighted by Crippen LogP contribution is -2.45. The van der Waals surface area contributed by atoms with Gasteiger partial charge in [0.1, 0.15) is 0 Å². The van der Waals surface area contributed by atoms with Crippen LogP contribution in [0.25, 0.3) is 0 Å². The summed E-state index contributed by atoms with van der Waals surface area (Å²) in [4.78, 5) is 12.6. The van der Waals surface area contributed by atoms with Crippen LogP contribution >= 0.6 is 11.8 Å². The Bertz CT molecular complexity index is 1160. The van der Waals surface area contributed by atoms with Gasteiger partial charge in [-0.3, -0.25) is 4.79 Å². The molecule has 0 spiro atoms. The van der Waals surface area contributed by atoms with Gasteiger partial charge in [0.2, 0.25) is 0 Å². The van der Waals surface area contributed by atoms with E-state index in [2.05, 4.69) is 124 Å². The van der Waals surface area contributed by atoms with Gasteiger partial charge in [0.25, 0.3) is 0 Å². The van der Waals surface area contributed by atoms with Crippen molar-refractivity contribution in [2.75, 3.05) is 5.75 Å². The van der Waals surface area contributed by atoms with E-state index in [-0.39, 0.29) is 34.6 Å². The molecule has 4 nitrogen and oxygen atoms in total. The molecule has 0 saturated carbocycles. The molecule has 4 atom stereocenters. The van der Waals surface area contributed by atoms with Crippen LogP contribution in [0.2, 0.25) is 36.3 Å². The number of carboxylic acids is 1. The molecule has 1 aliphatic rings. The molecule has 0 fully saturated rings. The molecule has 0 aromatic heterocycles. The van der Waals surface area contributed by atoms with Gasteiger partial charge in [-0.25, -0.2) is 0 Å². The van der Waals surface area contributed by atoms with E-state index in [4.69, 9.17) is 14.0 Å². The van der Waals surface area contributed by atoms with Crippen molar-refractivity contribution in [2.45, 2.75) is 174 Å². The Labute approximate surface area is 302 Å². The SMILES string of the molecule is CCCC[C@@H](C)C[C@@H](C=C[C@@H]1C(SCCCCCC(=O)O)=C(CCc2ccccc2)C[C@H]1O[Si](C)(C)C(C)(C)C)O[Si](C)(C)C(C)(C)C. The van der Waals surface area contributed by atoms with Gasteiger partial charge < -0.3 is 14.0 Å². The molecule has 0 aliphatic heterocycles. The van der Waals surface area contributed by atoms with Crippen molar-refractivity contribution >= 4 is 34.4 Å². The lowest BCUT2D eigenvalue weighted by atomic mass is 9.96. The molecular formula is C41H72O4SSi2. The molecule has 0 bridgehead atoms. The zero-order valence-electron chi connectivity index (χ0n) is 32.9. The van der Waals surface area contributed by atoms with Gasteiger partial charge in [-0.1, -0.05) is 129 Å². The minimum absolute atomic E-state index is 0.0990. The van der Waals surface area contributed by atoms with Crippen LogP contribution < -0.4 is 0 Å². The van der Waals surface area contributed by atoms with Crippen molar-refractivity contribution in [2.24, 2.45) is 11.8 Å². The monoisotopic (exact) mass is 716 g/mol. The van der Waals surface area contributed by atoms with Crippen LogP contribution in [-0.2, 0) is 20.1 Å².